The molecule has 5 nitrogen and oxygen atoms in total. The Morgan fingerprint density at radius 2 is 2.27 bits per heavy atom. The van der Waals surface area contributed by atoms with Gasteiger partial charge in [0.15, 0.2) is 15.8 Å². The number of nitrogens with zero attached hydrogens (tertiary/aromatic N) is 1. The number of guanidine groups is 1. The molecule has 2 rings (SSSR count). The van der Waals surface area contributed by atoms with Crippen LogP contribution in [0.4, 0.5) is 0 Å². The maximum absolute atomic E-state index is 11.4. The molecule has 2 heterocycles. The molecule has 0 saturated carbocycles. The molecule has 0 aromatic carbocycles. The first-order chi connectivity index (χ1) is 10.00. The van der Waals surface area contributed by atoms with Gasteiger partial charge in [-0.1, -0.05) is 13.0 Å². The topological polar surface area (TPSA) is 70.6 Å². The number of aliphatic imine (C=N–C) groups is 1. The Morgan fingerprint density at radius 3 is 2.82 bits per heavy atom. The van der Waals surface area contributed by atoms with Gasteiger partial charge in [-0.05, 0) is 23.8 Å². The lowest BCUT2D eigenvalue weighted by molar-refractivity contribution is 0.565. The van der Waals surface area contributed by atoms with Gasteiger partial charge in [0.25, 0.3) is 0 Å². The van der Waals surface area contributed by atoms with Gasteiger partial charge >= 0.3 is 0 Å². The third-order valence-electron chi connectivity index (χ3n) is 3.71. The molecule has 1 aromatic heterocycles. The van der Waals surface area contributed by atoms with Crippen molar-refractivity contribution in [1.82, 2.24) is 10.6 Å². The Kier molecular flexibility index (Phi) is 8.12. The summed E-state index contributed by atoms with van der Waals surface area (Å²) in [5.41, 5.74) is 0. The highest BCUT2D eigenvalue weighted by atomic mass is 127. The van der Waals surface area contributed by atoms with E-state index in [2.05, 4.69) is 40.1 Å². The molecule has 2 atom stereocenters. The van der Waals surface area contributed by atoms with Gasteiger partial charge in [0.1, 0.15) is 0 Å². The van der Waals surface area contributed by atoms with Gasteiger partial charge in [-0.3, -0.25) is 4.99 Å². The summed E-state index contributed by atoms with van der Waals surface area (Å²) in [7, 11) is -1.07. The zero-order valence-corrected chi connectivity index (χ0v) is 16.9. The molecule has 0 radical (unpaired) electrons. The number of thiophene rings is 1. The highest BCUT2D eigenvalue weighted by Gasteiger charge is 2.27. The summed E-state index contributed by atoms with van der Waals surface area (Å²) >= 11 is 1.76. The van der Waals surface area contributed by atoms with Crippen LogP contribution < -0.4 is 10.6 Å². The molecule has 126 valence electrons. The summed E-state index contributed by atoms with van der Waals surface area (Å²) in [5.74, 6) is 1.98. The number of sulfone groups is 1. The maximum atomic E-state index is 11.4. The zero-order valence-electron chi connectivity index (χ0n) is 12.9. The SMILES string of the molecule is CN=C(NCC1CCS(=O)(=O)C1)NCC(C)c1cccs1.I. The van der Waals surface area contributed by atoms with Gasteiger partial charge in [-0.25, -0.2) is 8.42 Å². The van der Waals surface area contributed by atoms with E-state index in [1.54, 1.807) is 18.4 Å². The highest BCUT2D eigenvalue weighted by Crippen LogP contribution is 2.19. The molecular weight excluding hydrogens is 433 g/mol. The van der Waals surface area contributed by atoms with Crippen LogP contribution in [0.1, 0.15) is 24.1 Å². The van der Waals surface area contributed by atoms with Crippen molar-refractivity contribution in [2.75, 3.05) is 31.6 Å². The van der Waals surface area contributed by atoms with E-state index in [9.17, 15) is 8.42 Å². The van der Waals surface area contributed by atoms with E-state index in [4.69, 9.17) is 0 Å². The molecule has 8 heteroatoms. The van der Waals surface area contributed by atoms with Gasteiger partial charge in [0.2, 0.25) is 0 Å². The highest BCUT2D eigenvalue weighted by molar-refractivity contribution is 14.0. The van der Waals surface area contributed by atoms with Gasteiger partial charge < -0.3 is 10.6 Å². The number of rotatable bonds is 5. The maximum Gasteiger partial charge on any atom is 0.191 e. The lowest BCUT2D eigenvalue weighted by atomic mass is 10.1. The van der Waals surface area contributed by atoms with Crippen molar-refractivity contribution >= 4 is 51.1 Å². The minimum atomic E-state index is -2.80. The van der Waals surface area contributed by atoms with E-state index < -0.39 is 9.84 Å². The van der Waals surface area contributed by atoms with Gasteiger partial charge in [-0.15, -0.1) is 35.3 Å². The van der Waals surface area contributed by atoms with E-state index in [0.717, 1.165) is 18.9 Å². The molecule has 1 aromatic rings. The van der Waals surface area contributed by atoms with Crippen molar-refractivity contribution in [2.24, 2.45) is 10.9 Å². The second-order valence-electron chi connectivity index (χ2n) is 5.52. The van der Waals surface area contributed by atoms with Gasteiger partial charge in [-0.2, -0.15) is 0 Å². The van der Waals surface area contributed by atoms with Crippen molar-refractivity contribution in [3.05, 3.63) is 22.4 Å². The molecule has 0 bridgehead atoms. The van der Waals surface area contributed by atoms with Crippen LogP contribution >= 0.6 is 35.3 Å². The van der Waals surface area contributed by atoms with Gasteiger partial charge in [0, 0.05) is 30.9 Å². The van der Waals surface area contributed by atoms with E-state index in [0.29, 0.717) is 24.0 Å². The molecule has 0 amide bonds. The zero-order chi connectivity index (χ0) is 15.3. The molecule has 1 aliphatic heterocycles. The minimum Gasteiger partial charge on any atom is -0.356 e. The van der Waals surface area contributed by atoms with E-state index in [-0.39, 0.29) is 29.9 Å². The minimum absolute atomic E-state index is 0. The van der Waals surface area contributed by atoms with E-state index >= 15 is 0 Å². The van der Waals surface area contributed by atoms with Crippen LogP contribution in [0.2, 0.25) is 0 Å². The summed E-state index contributed by atoms with van der Waals surface area (Å²) in [6, 6.07) is 4.20. The van der Waals surface area contributed by atoms with Crippen molar-refractivity contribution < 1.29 is 8.42 Å². The fourth-order valence-electron chi connectivity index (χ4n) is 2.42. The second kappa shape index (κ2) is 9.07. The molecule has 1 saturated heterocycles. The number of hydrogen-bond acceptors (Lipinski definition) is 4. The Labute approximate surface area is 153 Å². The molecule has 0 spiro atoms. The summed E-state index contributed by atoms with van der Waals surface area (Å²) < 4.78 is 22.9. The number of halogens is 1. The van der Waals surface area contributed by atoms with Crippen molar-refractivity contribution in [1.29, 1.82) is 0 Å². The predicted octanol–water partition coefficient (Wildman–Crippen LogP) is 2.07. The molecule has 22 heavy (non-hydrogen) atoms. The smallest absolute Gasteiger partial charge is 0.191 e. The Bertz CT molecular complexity index is 573. The molecule has 2 unspecified atom stereocenters. The molecule has 1 aliphatic rings. The van der Waals surface area contributed by atoms with E-state index in [1.165, 1.54) is 4.88 Å². The number of nitrogens with one attached hydrogen (secondary N) is 2. The molecule has 1 fully saturated rings. The third kappa shape index (κ3) is 6.04. The van der Waals surface area contributed by atoms with Crippen molar-refractivity contribution in [3.63, 3.8) is 0 Å². The summed E-state index contributed by atoms with van der Waals surface area (Å²) in [6.07, 6.45) is 0.748. The predicted molar refractivity (Wildman–Crippen MR) is 104 cm³/mol. The van der Waals surface area contributed by atoms with Crippen molar-refractivity contribution in [2.45, 2.75) is 19.3 Å². The van der Waals surface area contributed by atoms with Crippen LogP contribution in [0.5, 0.6) is 0 Å². The largest absolute Gasteiger partial charge is 0.356 e. The Morgan fingerprint density at radius 1 is 1.50 bits per heavy atom. The normalized spacial score (nSPS) is 21.9. The third-order valence-corrected chi connectivity index (χ3v) is 6.65. The van der Waals surface area contributed by atoms with Crippen LogP contribution in [0.25, 0.3) is 0 Å². The summed E-state index contributed by atoms with van der Waals surface area (Å²) in [4.78, 5) is 5.53. The van der Waals surface area contributed by atoms with Gasteiger partial charge in [0.05, 0.1) is 11.5 Å². The van der Waals surface area contributed by atoms with Crippen LogP contribution in [-0.4, -0.2) is 46.0 Å². The van der Waals surface area contributed by atoms with E-state index in [1.807, 2.05) is 0 Å². The number of hydrogen-bond donors (Lipinski definition) is 2. The van der Waals surface area contributed by atoms with Crippen LogP contribution in [0.3, 0.4) is 0 Å². The van der Waals surface area contributed by atoms with Crippen molar-refractivity contribution in [3.8, 4) is 0 Å². The Balaban J connectivity index is 0.00000242. The summed E-state index contributed by atoms with van der Waals surface area (Å²) in [5, 5.41) is 8.61. The van der Waals surface area contributed by atoms with Crippen LogP contribution in [0, 0.1) is 5.92 Å². The molecule has 0 aliphatic carbocycles. The van der Waals surface area contributed by atoms with Crippen LogP contribution in [-0.2, 0) is 9.84 Å². The standard InChI is InChI=1S/C14H23N3O2S2.HI/c1-11(13-4-3-6-20-13)8-16-14(15-2)17-9-12-5-7-21(18,19)10-12;/h3-4,6,11-12H,5,7-10H2,1-2H3,(H2,15,16,17);1H. The first kappa shape index (κ1) is 19.7. The van der Waals surface area contributed by atoms with Crippen LogP contribution in [0.15, 0.2) is 22.5 Å². The Hall–Kier alpha value is -0.350. The average molecular weight is 457 g/mol. The molecule has 2 N–H and O–H groups in total. The fourth-order valence-corrected chi connectivity index (χ4v) is 5.07. The monoisotopic (exact) mass is 457 g/mol. The average Bonchev–Trinajstić information content (AvgIpc) is 3.08. The quantitative estimate of drug-likeness (QED) is 0.404. The fraction of sp³-hybridized carbons (Fsp3) is 0.643. The second-order valence-corrected chi connectivity index (χ2v) is 8.73. The molecular formula is C14H24IN3O2S2. The lowest BCUT2D eigenvalue weighted by Crippen LogP contribution is -2.41. The summed E-state index contributed by atoms with van der Waals surface area (Å²) in [6.45, 7) is 3.64. The lowest BCUT2D eigenvalue weighted by Gasteiger charge is -2.16. The first-order valence-corrected chi connectivity index (χ1v) is 9.88. The first-order valence-electron chi connectivity index (χ1n) is 7.18.